The summed E-state index contributed by atoms with van der Waals surface area (Å²) < 4.78 is 12.9. The molecular weight excluding hydrogens is 324 g/mol. The van der Waals surface area contributed by atoms with Crippen molar-refractivity contribution >= 4 is 28.7 Å². The Morgan fingerprint density at radius 2 is 1.71 bits per heavy atom. The molecule has 3 rings (SSSR count). The minimum Gasteiger partial charge on any atom is -0.614 e. The number of hydrogen-bond acceptors (Lipinski definition) is 3. The van der Waals surface area contributed by atoms with Gasteiger partial charge in [0.15, 0.2) is 6.04 Å². The minimum atomic E-state index is -1.34. The zero-order chi connectivity index (χ0) is 17.1. The van der Waals surface area contributed by atoms with E-state index in [0.29, 0.717) is 5.69 Å². The predicted octanol–water partition coefficient (Wildman–Crippen LogP) is 1.99. The summed E-state index contributed by atoms with van der Waals surface area (Å²) in [5.74, 6) is -0.442. The zero-order valence-electron chi connectivity index (χ0n) is 13.2. The van der Waals surface area contributed by atoms with Gasteiger partial charge < -0.3 is 9.87 Å². The summed E-state index contributed by atoms with van der Waals surface area (Å²) in [6.07, 6.45) is 0. The zero-order valence-corrected chi connectivity index (χ0v) is 14.0. The Morgan fingerprint density at radius 3 is 2.29 bits per heavy atom. The molecule has 1 unspecified atom stereocenters. The lowest BCUT2D eigenvalue weighted by molar-refractivity contribution is -0.126. The first-order valence-corrected chi connectivity index (χ1v) is 9.03. The smallest absolute Gasteiger partial charge is 0.258 e. The number of benzene rings is 2. The Hall–Kier alpha value is -2.31. The van der Waals surface area contributed by atoms with Gasteiger partial charge in [0.1, 0.15) is 5.75 Å². The summed E-state index contributed by atoms with van der Waals surface area (Å²) >= 11 is -1.34. The van der Waals surface area contributed by atoms with Crippen LogP contribution in [-0.4, -0.2) is 28.2 Å². The van der Waals surface area contributed by atoms with Crippen molar-refractivity contribution in [2.45, 2.75) is 18.3 Å². The summed E-state index contributed by atoms with van der Waals surface area (Å²) in [6.45, 7) is 1.35. The van der Waals surface area contributed by atoms with E-state index in [9.17, 15) is 14.1 Å². The number of nitrogens with one attached hydrogen (secondary N) is 1. The highest BCUT2D eigenvalue weighted by Crippen LogP contribution is 2.36. The minimum absolute atomic E-state index is 0.112. The number of rotatable bonds is 3. The Morgan fingerprint density at radius 1 is 1.12 bits per heavy atom. The van der Waals surface area contributed by atoms with Crippen LogP contribution in [0, 0.1) is 0 Å². The highest BCUT2D eigenvalue weighted by Gasteiger charge is 2.46. The maximum absolute atomic E-state index is 13.0. The van der Waals surface area contributed by atoms with Crippen LogP contribution in [0.15, 0.2) is 60.7 Å². The summed E-state index contributed by atoms with van der Waals surface area (Å²) in [6, 6.07) is 17.7. The van der Waals surface area contributed by atoms with Crippen molar-refractivity contribution in [3.05, 3.63) is 66.2 Å². The van der Waals surface area contributed by atoms with Crippen LogP contribution in [0.25, 0.3) is 0 Å². The molecule has 2 aromatic rings. The van der Waals surface area contributed by atoms with Gasteiger partial charge in [0.25, 0.3) is 5.91 Å². The van der Waals surface area contributed by atoms with E-state index in [4.69, 9.17) is 0 Å². The first-order chi connectivity index (χ1) is 11.6. The molecule has 2 amide bonds. The van der Waals surface area contributed by atoms with Crippen LogP contribution in [0.1, 0.15) is 17.9 Å². The quantitative estimate of drug-likeness (QED) is 0.867. The van der Waals surface area contributed by atoms with Gasteiger partial charge in [-0.25, -0.2) is 0 Å². The van der Waals surface area contributed by atoms with Gasteiger partial charge in [-0.2, -0.15) is 0 Å². The molecule has 1 fully saturated rings. The van der Waals surface area contributed by atoms with Gasteiger partial charge in [0.2, 0.25) is 11.3 Å². The van der Waals surface area contributed by atoms with Crippen LogP contribution in [-0.2, 0) is 20.8 Å². The summed E-state index contributed by atoms with van der Waals surface area (Å²) in [5.41, 5.74) is 1.48. The van der Waals surface area contributed by atoms with Crippen LogP contribution in [0.3, 0.4) is 0 Å². The number of amides is 2. The third-order valence-corrected chi connectivity index (χ3v) is 5.49. The lowest BCUT2D eigenvalue weighted by Crippen LogP contribution is -2.59. The van der Waals surface area contributed by atoms with Crippen molar-refractivity contribution < 1.29 is 14.1 Å². The largest absolute Gasteiger partial charge is 0.614 e. The fourth-order valence-corrected chi connectivity index (χ4v) is 4.50. The van der Waals surface area contributed by atoms with Gasteiger partial charge in [-0.1, -0.05) is 48.5 Å². The lowest BCUT2D eigenvalue weighted by Gasteiger charge is -2.40. The Bertz CT molecular complexity index is 724. The van der Waals surface area contributed by atoms with E-state index in [1.54, 1.807) is 12.1 Å². The van der Waals surface area contributed by atoms with Crippen LogP contribution in [0.5, 0.6) is 0 Å². The molecule has 1 saturated heterocycles. The Labute approximate surface area is 143 Å². The van der Waals surface area contributed by atoms with Crippen molar-refractivity contribution in [1.29, 1.82) is 0 Å². The maximum Gasteiger partial charge on any atom is 0.258 e. The van der Waals surface area contributed by atoms with Crippen LogP contribution >= 0.6 is 0 Å². The maximum atomic E-state index is 13.0. The molecular formula is C18H18N2O3S. The number of para-hydroxylation sites is 1. The molecule has 0 spiro atoms. The average Bonchev–Trinajstić information content (AvgIpc) is 2.58. The number of hydrogen-bond donors (Lipinski definition) is 1. The first kappa shape index (κ1) is 16.5. The third-order valence-electron chi connectivity index (χ3n) is 3.85. The number of carbonyl (C=O) groups excluding carboxylic acids is 2. The average molecular weight is 342 g/mol. The van der Waals surface area contributed by atoms with Crippen LogP contribution in [0.2, 0.25) is 0 Å². The normalized spacial score (nSPS) is 23.8. The molecule has 1 N–H and O–H groups in total. The second kappa shape index (κ2) is 7.07. The van der Waals surface area contributed by atoms with Gasteiger partial charge in [0.05, 0.1) is 0 Å². The highest BCUT2D eigenvalue weighted by atomic mass is 32.2. The fraction of sp³-hybridized carbons (Fsp3) is 0.222. The van der Waals surface area contributed by atoms with Crippen LogP contribution in [0.4, 0.5) is 5.69 Å². The summed E-state index contributed by atoms with van der Waals surface area (Å²) in [5, 5.41) is 2.05. The molecule has 0 saturated carbocycles. The Balaban J connectivity index is 2.03. The second-order valence-electron chi connectivity index (χ2n) is 5.61. The van der Waals surface area contributed by atoms with Gasteiger partial charge in [0, 0.05) is 18.2 Å². The second-order valence-corrected chi connectivity index (χ2v) is 7.15. The van der Waals surface area contributed by atoms with Crippen molar-refractivity contribution in [3.8, 4) is 0 Å². The van der Waals surface area contributed by atoms with E-state index in [2.05, 4.69) is 5.32 Å². The number of anilines is 1. The van der Waals surface area contributed by atoms with Gasteiger partial charge >= 0.3 is 0 Å². The number of nitrogens with zero attached hydrogens (tertiary/aromatic N) is 1. The molecule has 3 atom stereocenters. The molecule has 5 nitrogen and oxygen atoms in total. The predicted molar refractivity (Wildman–Crippen MR) is 93.7 cm³/mol. The molecule has 6 heteroatoms. The standard InChI is InChI=1S/C18H18N2O3S/c1-13(21)19-16-12-24(23)18(14-8-4-2-5-9-14)20(17(16)22)15-10-6-3-7-11-15/h2-11,16,18H,12H2,1H3,(H,19,21)/t16-,18-,24?/m0/s1. The van der Waals surface area contributed by atoms with E-state index >= 15 is 0 Å². The molecule has 124 valence electrons. The molecule has 0 aliphatic carbocycles. The van der Waals surface area contributed by atoms with E-state index in [-0.39, 0.29) is 17.6 Å². The molecule has 2 aromatic carbocycles. The molecule has 0 radical (unpaired) electrons. The van der Waals surface area contributed by atoms with Crippen molar-refractivity contribution in [3.63, 3.8) is 0 Å². The van der Waals surface area contributed by atoms with E-state index in [1.807, 2.05) is 48.5 Å². The van der Waals surface area contributed by atoms with Crippen molar-refractivity contribution in [1.82, 2.24) is 5.32 Å². The highest BCUT2D eigenvalue weighted by molar-refractivity contribution is 7.92. The summed E-state index contributed by atoms with van der Waals surface area (Å²) in [7, 11) is 0. The molecule has 1 aliphatic rings. The van der Waals surface area contributed by atoms with E-state index in [1.165, 1.54) is 11.8 Å². The SMILES string of the molecule is CC(=O)N[C@H]1C[S+]([O-])[C@@H](c2ccccc2)N(c2ccccc2)C1=O. The fourth-order valence-electron chi connectivity index (χ4n) is 2.85. The Kier molecular flexibility index (Phi) is 4.87. The topological polar surface area (TPSA) is 72.5 Å². The summed E-state index contributed by atoms with van der Waals surface area (Å²) in [4.78, 5) is 25.9. The lowest BCUT2D eigenvalue weighted by atomic mass is 10.1. The molecule has 0 bridgehead atoms. The van der Waals surface area contributed by atoms with Gasteiger partial charge in [-0.3, -0.25) is 14.5 Å². The monoisotopic (exact) mass is 342 g/mol. The van der Waals surface area contributed by atoms with Gasteiger partial charge in [-0.15, -0.1) is 0 Å². The molecule has 24 heavy (non-hydrogen) atoms. The van der Waals surface area contributed by atoms with Crippen LogP contribution < -0.4 is 10.2 Å². The van der Waals surface area contributed by atoms with Crippen molar-refractivity contribution in [2.75, 3.05) is 10.7 Å². The molecule has 0 aromatic heterocycles. The first-order valence-electron chi connectivity index (χ1n) is 7.65. The third kappa shape index (κ3) is 3.29. The molecule has 1 aliphatic heterocycles. The van der Waals surface area contributed by atoms with E-state index < -0.39 is 22.6 Å². The number of carbonyl (C=O) groups is 2. The van der Waals surface area contributed by atoms with E-state index in [0.717, 1.165) is 5.56 Å². The van der Waals surface area contributed by atoms with Gasteiger partial charge in [-0.05, 0) is 23.3 Å². The molecule has 1 heterocycles. The van der Waals surface area contributed by atoms with Crippen molar-refractivity contribution in [2.24, 2.45) is 0 Å².